The summed E-state index contributed by atoms with van der Waals surface area (Å²) in [6.45, 7) is 4.09. The first-order chi connectivity index (χ1) is 13.4. The Morgan fingerprint density at radius 1 is 1.25 bits per heavy atom. The highest BCUT2D eigenvalue weighted by Crippen LogP contribution is 2.37. The molecule has 0 unspecified atom stereocenters. The highest BCUT2D eigenvalue weighted by molar-refractivity contribution is 6.01. The Hall–Kier alpha value is -3.41. The third kappa shape index (κ3) is 3.41. The number of nitrogens with zero attached hydrogens (tertiary/aromatic N) is 1. The SMILES string of the molecule is COC(=O)/C=C/c1c(C(C)C)n(-c2ccc(F)cc2)c2cc(C=N)c(N)cc12. The summed E-state index contributed by atoms with van der Waals surface area (Å²) in [7, 11) is 1.33. The summed E-state index contributed by atoms with van der Waals surface area (Å²) >= 11 is 0. The molecule has 1 aromatic heterocycles. The number of esters is 1. The van der Waals surface area contributed by atoms with Crippen LogP contribution in [0.5, 0.6) is 0 Å². The van der Waals surface area contributed by atoms with Gasteiger partial charge in [-0.1, -0.05) is 13.8 Å². The highest BCUT2D eigenvalue weighted by Gasteiger charge is 2.20. The minimum atomic E-state index is -0.457. The first-order valence-corrected chi connectivity index (χ1v) is 8.87. The zero-order valence-electron chi connectivity index (χ0n) is 16.0. The van der Waals surface area contributed by atoms with Crippen molar-refractivity contribution < 1.29 is 13.9 Å². The van der Waals surface area contributed by atoms with Crippen molar-refractivity contribution >= 4 is 34.9 Å². The number of fused-ring (bicyclic) bond motifs is 1. The summed E-state index contributed by atoms with van der Waals surface area (Å²) in [6, 6.07) is 9.86. The smallest absolute Gasteiger partial charge is 0.330 e. The maximum Gasteiger partial charge on any atom is 0.330 e. The molecule has 0 fully saturated rings. The lowest BCUT2D eigenvalue weighted by Gasteiger charge is -2.15. The Morgan fingerprint density at radius 3 is 2.50 bits per heavy atom. The lowest BCUT2D eigenvalue weighted by atomic mass is 10.0. The van der Waals surface area contributed by atoms with Crippen molar-refractivity contribution in [2.45, 2.75) is 19.8 Å². The Labute approximate surface area is 162 Å². The number of rotatable bonds is 5. The van der Waals surface area contributed by atoms with Gasteiger partial charge in [0.25, 0.3) is 0 Å². The van der Waals surface area contributed by atoms with E-state index in [0.29, 0.717) is 11.3 Å². The van der Waals surface area contributed by atoms with Crippen molar-refractivity contribution in [2.75, 3.05) is 12.8 Å². The van der Waals surface area contributed by atoms with Crippen LogP contribution in [0.15, 0.2) is 42.5 Å². The van der Waals surface area contributed by atoms with E-state index in [9.17, 15) is 9.18 Å². The second-order valence-corrected chi connectivity index (χ2v) is 6.76. The number of benzene rings is 2. The summed E-state index contributed by atoms with van der Waals surface area (Å²) in [5.74, 6) is -0.678. The average molecular weight is 379 g/mol. The van der Waals surface area contributed by atoms with Gasteiger partial charge in [-0.25, -0.2) is 9.18 Å². The van der Waals surface area contributed by atoms with Crippen LogP contribution >= 0.6 is 0 Å². The molecular weight excluding hydrogens is 357 g/mol. The van der Waals surface area contributed by atoms with Crippen molar-refractivity contribution in [3.05, 3.63) is 65.1 Å². The maximum absolute atomic E-state index is 13.5. The molecule has 0 radical (unpaired) electrons. The minimum Gasteiger partial charge on any atom is -0.466 e. The molecule has 0 aliphatic heterocycles. The van der Waals surface area contributed by atoms with Gasteiger partial charge in [-0.15, -0.1) is 0 Å². The molecule has 0 aliphatic carbocycles. The Balaban J connectivity index is 2.43. The lowest BCUT2D eigenvalue weighted by molar-refractivity contribution is -0.134. The fraction of sp³-hybridized carbons (Fsp3) is 0.182. The Kier molecular flexibility index (Phi) is 5.31. The van der Waals surface area contributed by atoms with Crippen LogP contribution in [0.4, 0.5) is 10.1 Å². The normalized spacial score (nSPS) is 11.5. The predicted octanol–water partition coefficient (Wildman–Crippen LogP) is 4.66. The van der Waals surface area contributed by atoms with Gasteiger partial charge >= 0.3 is 5.97 Å². The van der Waals surface area contributed by atoms with Crippen molar-refractivity contribution in [1.82, 2.24) is 4.57 Å². The molecule has 0 aliphatic rings. The molecular formula is C22H22FN3O2. The number of hydrogen-bond acceptors (Lipinski definition) is 4. The van der Waals surface area contributed by atoms with Crippen molar-refractivity contribution in [1.29, 1.82) is 5.41 Å². The first kappa shape index (κ1) is 19.4. The lowest BCUT2D eigenvalue weighted by Crippen LogP contribution is -2.03. The molecule has 0 atom stereocenters. The van der Waals surface area contributed by atoms with E-state index in [2.05, 4.69) is 0 Å². The number of nitrogen functional groups attached to an aromatic ring is 1. The van der Waals surface area contributed by atoms with Crippen LogP contribution in [0.3, 0.4) is 0 Å². The highest BCUT2D eigenvalue weighted by atomic mass is 19.1. The van der Waals surface area contributed by atoms with Crippen LogP contribution in [0.25, 0.3) is 22.7 Å². The van der Waals surface area contributed by atoms with E-state index in [-0.39, 0.29) is 11.7 Å². The number of methoxy groups -OCH3 is 1. The quantitative estimate of drug-likeness (QED) is 0.293. The largest absolute Gasteiger partial charge is 0.466 e. The van der Waals surface area contributed by atoms with Crippen LogP contribution in [0.2, 0.25) is 0 Å². The van der Waals surface area contributed by atoms with E-state index < -0.39 is 5.97 Å². The molecule has 144 valence electrons. The number of anilines is 1. The summed E-state index contributed by atoms with van der Waals surface area (Å²) in [6.07, 6.45) is 4.29. The summed E-state index contributed by atoms with van der Waals surface area (Å²) in [5.41, 5.74) is 10.6. The topological polar surface area (TPSA) is 81.1 Å². The number of hydrogen-bond donors (Lipinski definition) is 2. The molecule has 3 rings (SSSR count). The van der Waals surface area contributed by atoms with E-state index in [1.165, 1.54) is 31.5 Å². The molecule has 0 amide bonds. The van der Waals surface area contributed by atoms with E-state index in [1.54, 1.807) is 24.3 Å². The van der Waals surface area contributed by atoms with E-state index in [0.717, 1.165) is 27.8 Å². The minimum absolute atomic E-state index is 0.0967. The second-order valence-electron chi connectivity index (χ2n) is 6.76. The van der Waals surface area contributed by atoms with Crippen LogP contribution in [0, 0.1) is 11.2 Å². The van der Waals surface area contributed by atoms with Gasteiger partial charge in [-0.2, -0.15) is 0 Å². The molecule has 0 bridgehead atoms. The molecule has 6 heteroatoms. The van der Waals surface area contributed by atoms with Gasteiger partial charge in [0.15, 0.2) is 0 Å². The molecule has 28 heavy (non-hydrogen) atoms. The third-order valence-electron chi connectivity index (χ3n) is 4.62. The standard InChI is InChI=1S/C22H22FN3O2/c1-13(2)22-17(8-9-21(27)28-3)18-11-19(25)14(12-24)10-20(18)26(22)16-6-4-15(23)5-7-16/h4-13,24H,25H2,1-3H3/b9-8+,24-12?. The van der Waals surface area contributed by atoms with Gasteiger partial charge in [0.1, 0.15) is 5.82 Å². The zero-order valence-corrected chi connectivity index (χ0v) is 16.0. The number of carbonyl (C=O) groups is 1. The van der Waals surface area contributed by atoms with Gasteiger partial charge in [0.2, 0.25) is 0 Å². The number of halogens is 1. The van der Waals surface area contributed by atoms with Crippen LogP contribution in [-0.2, 0) is 9.53 Å². The third-order valence-corrected chi connectivity index (χ3v) is 4.62. The molecule has 0 saturated heterocycles. The van der Waals surface area contributed by atoms with Gasteiger partial charge in [-0.05, 0) is 48.4 Å². The van der Waals surface area contributed by atoms with Gasteiger partial charge in [0.05, 0.1) is 12.6 Å². The number of nitrogens with one attached hydrogen (secondary N) is 1. The number of aromatic nitrogens is 1. The fourth-order valence-electron chi connectivity index (χ4n) is 3.37. The second kappa shape index (κ2) is 7.68. The van der Waals surface area contributed by atoms with Crippen molar-refractivity contribution in [2.24, 2.45) is 0 Å². The maximum atomic E-state index is 13.5. The summed E-state index contributed by atoms with van der Waals surface area (Å²) < 4.78 is 20.2. The molecule has 3 N–H and O–H groups in total. The van der Waals surface area contributed by atoms with Crippen LogP contribution < -0.4 is 5.73 Å². The number of carbonyl (C=O) groups excluding carboxylic acids is 1. The van der Waals surface area contributed by atoms with Crippen LogP contribution in [0.1, 0.15) is 36.6 Å². The van der Waals surface area contributed by atoms with Crippen molar-refractivity contribution in [3.63, 3.8) is 0 Å². The molecule has 3 aromatic rings. The molecule has 5 nitrogen and oxygen atoms in total. The molecule has 1 heterocycles. The fourth-order valence-corrected chi connectivity index (χ4v) is 3.37. The molecule has 2 aromatic carbocycles. The monoisotopic (exact) mass is 379 g/mol. The van der Waals surface area contributed by atoms with Gasteiger partial charge in [-0.3, -0.25) is 0 Å². The first-order valence-electron chi connectivity index (χ1n) is 8.87. The number of ether oxygens (including phenoxy) is 1. The Bertz CT molecular complexity index is 1080. The summed E-state index contributed by atoms with van der Waals surface area (Å²) in [5, 5.41) is 8.47. The summed E-state index contributed by atoms with van der Waals surface area (Å²) in [4.78, 5) is 11.7. The zero-order chi connectivity index (χ0) is 20.4. The van der Waals surface area contributed by atoms with E-state index in [1.807, 2.05) is 24.5 Å². The average Bonchev–Trinajstić information content (AvgIpc) is 2.99. The molecule has 0 saturated carbocycles. The Morgan fingerprint density at radius 2 is 1.93 bits per heavy atom. The predicted molar refractivity (Wildman–Crippen MR) is 111 cm³/mol. The molecule has 0 spiro atoms. The number of nitrogens with two attached hydrogens (primary N) is 1. The van der Waals surface area contributed by atoms with Crippen molar-refractivity contribution in [3.8, 4) is 5.69 Å². The van der Waals surface area contributed by atoms with E-state index in [4.69, 9.17) is 15.9 Å². The van der Waals surface area contributed by atoms with Crippen LogP contribution in [-0.4, -0.2) is 23.9 Å². The van der Waals surface area contributed by atoms with Gasteiger partial charge in [0, 0.05) is 45.9 Å². The van der Waals surface area contributed by atoms with E-state index >= 15 is 0 Å². The van der Waals surface area contributed by atoms with Gasteiger partial charge < -0.3 is 20.4 Å².